The molecule has 0 spiro atoms. The van der Waals surface area contributed by atoms with Gasteiger partial charge in [-0.2, -0.15) is 5.10 Å². The molecule has 1 N–H and O–H groups in total. The van der Waals surface area contributed by atoms with Gasteiger partial charge in [-0.05, 0) is 25.0 Å². The Hall–Kier alpha value is -2.73. The van der Waals surface area contributed by atoms with Gasteiger partial charge in [-0.1, -0.05) is 18.2 Å². The SMILES string of the molecule is Cc1ccccc1-n1cc(CNc2cc([C@H]3CCOC3)ncn2)cn1. The van der Waals surface area contributed by atoms with E-state index in [-0.39, 0.29) is 0 Å². The largest absolute Gasteiger partial charge is 0.381 e. The van der Waals surface area contributed by atoms with E-state index in [1.807, 2.05) is 35.3 Å². The average Bonchev–Trinajstić information content (AvgIpc) is 3.33. The van der Waals surface area contributed by atoms with Gasteiger partial charge in [-0.25, -0.2) is 14.6 Å². The predicted molar refractivity (Wildman–Crippen MR) is 95.8 cm³/mol. The molecule has 1 aliphatic heterocycles. The number of anilines is 1. The van der Waals surface area contributed by atoms with Gasteiger partial charge >= 0.3 is 0 Å². The Morgan fingerprint density at radius 1 is 1.28 bits per heavy atom. The van der Waals surface area contributed by atoms with Gasteiger partial charge in [-0.15, -0.1) is 0 Å². The molecule has 0 saturated carbocycles. The molecule has 4 rings (SSSR count). The van der Waals surface area contributed by atoms with Crippen LogP contribution < -0.4 is 5.32 Å². The Kier molecular flexibility index (Phi) is 4.43. The van der Waals surface area contributed by atoms with Crippen molar-refractivity contribution >= 4 is 5.82 Å². The van der Waals surface area contributed by atoms with Crippen LogP contribution in [0.1, 0.15) is 29.2 Å². The fraction of sp³-hybridized carbons (Fsp3) is 0.316. The lowest BCUT2D eigenvalue weighted by Crippen LogP contribution is -2.05. The zero-order valence-electron chi connectivity index (χ0n) is 14.2. The predicted octanol–water partition coefficient (Wildman–Crippen LogP) is 3.09. The molecule has 25 heavy (non-hydrogen) atoms. The fourth-order valence-corrected chi connectivity index (χ4v) is 3.06. The molecule has 0 bridgehead atoms. The van der Waals surface area contributed by atoms with Crippen molar-refractivity contribution in [3.05, 3.63) is 65.9 Å². The smallest absolute Gasteiger partial charge is 0.129 e. The summed E-state index contributed by atoms with van der Waals surface area (Å²) in [4.78, 5) is 8.70. The topological polar surface area (TPSA) is 64.9 Å². The van der Waals surface area contributed by atoms with E-state index in [9.17, 15) is 0 Å². The number of hydrogen-bond acceptors (Lipinski definition) is 5. The van der Waals surface area contributed by atoms with Crippen molar-refractivity contribution in [2.75, 3.05) is 18.5 Å². The monoisotopic (exact) mass is 335 g/mol. The van der Waals surface area contributed by atoms with Crippen LogP contribution in [-0.4, -0.2) is 33.0 Å². The second-order valence-corrected chi connectivity index (χ2v) is 6.32. The molecule has 1 aromatic carbocycles. The molecule has 1 fully saturated rings. The lowest BCUT2D eigenvalue weighted by atomic mass is 10.1. The third-order valence-electron chi connectivity index (χ3n) is 4.51. The van der Waals surface area contributed by atoms with Gasteiger partial charge < -0.3 is 10.1 Å². The zero-order chi connectivity index (χ0) is 17.1. The van der Waals surface area contributed by atoms with Crippen LogP contribution in [0, 0.1) is 6.92 Å². The van der Waals surface area contributed by atoms with Crippen LogP contribution in [0.15, 0.2) is 49.1 Å². The highest BCUT2D eigenvalue weighted by atomic mass is 16.5. The molecule has 3 aromatic rings. The van der Waals surface area contributed by atoms with Crippen LogP contribution >= 0.6 is 0 Å². The Morgan fingerprint density at radius 2 is 2.20 bits per heavy atom. The minimum Gasteiger partial charge on any atom is -0.381 e. The molecule has 1 atom stereocenters. The van der Waals surface area contributed by atoms with Crippen LogP contribution in [0.3, 0.4) is 0 Å². The summed E-state index contributed by atoms with van der Waals surface area (Å²) >= 11 is 0. The molecule has 128 valence electrons. The summed E-state index contributed by atoms with van der Waals surface area (Å²) in [6.45, 7) is 4.32. The maximum absolute atomic E-state index is 5.44. The van der Waals surface area contributed by atoms with E-state index in [0.29, 0.717) is 12.5 Å². The first-order chi connectivity index (χ1) is 12.3. The van der Waals surface area contributed by atoms with Crippen LogP contribution in [0.5, 0.6) is 0 Å². The van der Waals surface area contributed by atoms with Crippen molar-refractivity contribution < 1.29 is 4.74 Å². The second kappa shape index (κ2) is 7.03. The van der Waals surface area contributed by atoms with Crippen molar-refractivity contribution in [1.29, 1.82) is 0 Å². The fourth-order valence-electron chi connectivity index (χ4n) is 3.06. The molecular formula is C19H21N5O. The van der Waals surface area contributed by atoms with E-state index < -0.39 is 0 Å². The van der Waals surface area contributed by atoms with Crippen LogP contribution in [0.4, 0.5) is 5.82 Å². The number of nitrogens with zero attached hydrogens (tertiary/aromatic N) is 4. The van der Waals surface area contributed by atoms with Gasteiger partial charge in [0.25, 0.3) is 0 Å². The maximum Gasteiger partial charge on any atom is 0.129 e. The number of aryl methyl sites for hydroxylation is 1. The first-order valence-corrected chi connectivity index (χ1v) is 8.53. The van der Waals surface area contributed by atoms with Crippen molar-refractivity contribution in [3.8, 4) is 5.69 Å². The summed E-state index contributed by atoms with van der Waals surface area (Å²) in [5, 5.41) is 7.83. The minimum atomic E-state index is 0.382. The highest BCUT2D eigenvalue weighted by Gasteiger charge is 2.19. The first kappa shape index (κ1) is 15.8. The number of hydrogen-bond donors (Lipinski definition) is 1. The Balaban J connectivity index is 1.44. The van der Waals surface area contributed by atoms with Gasteiger partial charge in [0.1, 0.15) is 12.1 Å². The van der Waals surface area contributed by atoms with Crippen molar-refractivity contribution in [2.24, 2.45) is 0 Å². The number of para-hydroxylation sites is 1. The maximum atomic E-state index is 5.44. The minimum absolute atomic E-state index is 0.382. The number of rotatable bonds is 5. The highest BCUT2D eigenvalue weighted by molar-refractivity contribution is 5.40. The van der Waals surface area contributed by atoms with E-state index >= 15 is 0 Å². The second-order valence-electron chi connectivity index (χ2n) is 6.32. The highest BCUT2D eigenvalue weighted by Crippen LogP contribution is 2.24. The standard InChI is InChI=1S/C19H21N5O/c1-14-4-2-3-5-18(14)24-11-15(10-23-24)9-20-19-8-17(21-13-22-19)16-6-7-25-12-16/h2-5,8,10-11,13,16H,6-7,9,12H2,1H3,(H,20,21,22)/t16-/m0/s1. The van der Waals surface area contributed by atoms with E-state index in [1.165, 1.54) is 5.56 Å². The molecule has 1 aliphatic rings. The average molecular weight is 335 g/mol. The lowest BCUT2D eigenvalue weighted by molar-refractivity contribution is 0.193. The molecule has 0 radical (unpaired) electrons. The van der Waals surface area contributed by atoms with Gasteiger partial charge in [0.2, 0.25) is 0 Å². The first-order valence-electron chi connectivity index (χ1n) is 8.53. The number of aromatic nitrogens is 4. The van der Waals surface area contributed by atoms with Gasteiger partial charge in [0.05, 0.1) is 24.2 Å². The molecule has 0 amide bonds. The van der Waals surface area contributed by atoms with Crippen molar-refractivity contribution in [3.63, 3.8) is 0 Å². The Labute approximate surface area is 146 Å². The molecule has 0 unspecified atom stereocenters. The summed E-state index contributed by atoms with van der Waals surface area (Å²) < 4.78 is 7.35. The summed E-state index contributed by atoms with van der Waals surface area (Å²) in [6.07, 6.45) is 6.57. The molecule has 3 heterocycles. The number of benzene rings is 1. The number of ether oxygens (including phenoxy) is 1. The summed E-state index contributed by atoms with van der Waals surface area (Å²) in [5.41, 5.74) is 4.45. The van der Waals surface area contributed by atoms with Crippen LogP contribution in [0.2, 0.25) is 0 Å². The van der Waals surface area contributed by atoms with Crippen LogP contribution in [0.25, 0.3) is 5.69 Å². The van der Waals surface area contributed by atoms with Crippen LogP contribution in [-0.2, 0) is 11.3 Å². The van der Waals surface area contributed by atoms with Gasteiger partial charge in [0, 0.05) is 36.9 Å². The van der Waals surface area contributed by atoms with Gasteiger partial charge in [0.15, 0.2) is 0 Å². The normalized spacial score (nSPS) is 16.9. The molecule has 6 nitrogen and oxygen atoms in total. The molecule has 1 saturated heterocycles. The summed E-state index contributed by atoms with van der Waals surface area (Å²) in [6, 6.07) is 10.2. The molecule has 6 heteroatoms. The van der Waals surface area contributed by atoms with E-state index in [4.69, 9.17) is 4.74 Å². The third kappa shape index (κ3) is 3.53. The van der Waals surface area contributed by atoms with Crippen molar-refractivity contribution in [1.82, 2.24) is 19.7 Å². The molecule has 2 aromatic heterocycles. The van der Waals surface area contributed by atoms with Crippen molar-refractivity contribution in [2.45, 2.75) is 25.8 Å². The van der Waals surface area contributed by atoms with E-state index in [0.717, 1.165) is 42.4 Å². The Bertz CT molecular complexity index is 854. The molecule has 0 aliphatic carbocycles. The number of nitrogens with one attached hydrogen (secondary N) is 1. The zero-order valence-corrected chi connectivity index (χ0v) is 14.2. The summed E-state index contributed by atoms with van der Waals surface area (Å²) in [5.74, 6) is 1.22. The van der Waals surface area contributed by atoms with Gasteiger partial charge in [-0.3, -0.25) is 0 Å². The molecular weight excluding hydrogens is 314 g/mol. The lowest BCUT2D eigenvalue weighted by Gasteiger charge is -2.09. The Morgan fingerprint density at radius 3 is 3.04 bits per heavy atom. The third-order valence-corrected chi connectivity index (χ3v) is 4.51. The van der Waals surface area contributed by atoms with E-state index in [1.54, 1.807) is 6.33 Å². The quantitative estimate of drug-likeness (QED) is 0.776. The summed E-state index contributed by atoms with van der Waals surface area (Å²) in [7, 11) is 0. The van der Waals surface area contributed by atoms with E-state index in [2.05, 4.69) is 39.4 Å².